The highest BCUT2D eigenvalue weighted by Crippen LogP contribution is 2.34. The third-order valence-corrected chi connectivity index (χ3v) is 7.42. The van der Waals surface area contributed by atoms with Gasteiger partial charge < -0.3 is 19.8 Å². The summed E-state index contributed by atoms with van der Waals surface area (Å²) in [5, 5.41) is 30.5. The molecule has 0 radical (unpaired) electrons. The number of pyridine rings is 1. The number of aliphatic hydroxyl groups is 1. The number of rotatable bonds is 10. The first-order valence-corrected chi connectivity index (χ1v) is 12.5. The molecule has 3 atom stereocenters. The average molecular weight is 483 g/mol. The first kappa shape index (κ1) is 24.4. The van der Waals surface area contributed by atoms with Crippen molar-refractivity contribution in [2.45, 2.75) is 30.4 Å². The number of carboxylic acids is 1. The summed E-state index contributed by atoms with van der Waals surface area (Å²) >= 11 is 1.63. The fraction of sp³-hybridized carbons (Fsp3) is 0.440. The number of piperidine rings is 1. The van der Waals surface area contributed by atoms with Gasteiger partial charge in [-0.3, -0.25) is 9.78 Å². The highest BCUT2D eigenvalue weighted by Gasteiger charge is 2.34. The summed E-state index contributed by atoms with van der Waals surface area (Å²) in [5.74, 6) is 0.400. The molecule has 1 saturated heterocycles. The summed E-state index contributed by atoms with van der Waals surface area (Å²) in [5.41, 5.74) is 1.60. The summed E-state index contributed by atoms with van der Waals surface area (Å²) < 4.78 is 5.33. The number of hydrogen-bond donors (Lipinski definition) is 2. The molecule has 0 unspecified atom stereocenters. The summed E-state index contributed by atoms with van der Waals surface area (Å²) in [6.45, 7) is 2.21. The Bertz CT molecular complexity index is 1100. The number of aliphatic carboxylic acids is 1. The Morgan fingerprint density at radius 1 is 1.29 bits per heavy atom. The quantitative estimate of drug-likeness (QED) is 0.418. The molecule has 2 N–H and O–H groups in total. The lowest BCUT2D eigenvalue weighted by molar-refractivity contribution is -0.146. The van der Waals surface area contributed by atoms with Crippen molar-refractivity contribution >= 4 is 28.6 Å². The van der Waals surface area contributed by atoms with Crippen LogP contribution in [0.3, 0.4) is 0 Å². The summed E-state index contributed by atoms with van der Waals surface area (Å²) in [6.07, 6.45) is 4.64. The molecule has 2 aromatic heterocycles. The number of carbonyl (C=O) groups is 1. The SMILES string of the molecule is COc1ccc2nccc([C@H](O)CC[C@@H]3CCN(CCSc4cccnn4)C[C@@H]3C(=O)O)c2c1. The zero-order chi connectivity index (χ0) is 23.9. The fourth-order valence-corrected chi connectivity index (χ4v) is 5.47. The van der Waals surface area contributed by atoms with Gasteiger partial charge in [0.15, 0.2) is 0 Å². The highest BCUT2D eigenvalue weighted by atomic mass is 32.2. The molecule has 3 aromatic rings. The van der Waals surface area contributed by atoms with Gasteiger partial charge in [0, 0.05) is 36.6 Å². The van der Waals surface area contributed by atoms with Crippen LogP contribution in [0.25, 0.3) is 10.9 Å². The number of aliphatic hydroxyl groups excluding tert-OH is 1. The van der Waals surface area contributed by atoms with E-state index in [-0.39, 0.29) is 5.92 Å². The van der Waals surface area contributed by atoms with Gasteiger partial charge in [-0.1, -0.05) is 0 Å². The van der Waals surface area contributed by atoms with Crippen LogP contribution in [-0.4, -0.2) is 68.8 Å². The van der Waals surface area contributed by atoms with Crippen LogP contribution in [-0.2, 0) is 4.79 Å². The van der Waals surface area contributed by atoms with Crippen LogP contribution in [0.1, 0.15) is 30.9 Å². The van der Waals surface area contributed by atoms with E-state index in [2.05, 4.69) is 20.1 Å². The van der Waals surface area contributed by atoms with Gasteiger partial charge in [0.05, 0.1) is 24.6 Å². The average Bonchev–Trinajstić information content (AvgIpc) is 2.87. The molecule has 180 valence electrons. The number of hydrogen-bond acceptors (Lipinski definition) is 8. The molecule has 0 bridgehead atoms. The number of ether oxygens (including phenoxy) is 1. The Hall–Kier alpha value is -2.75. The lowest BCUT2D eigenvalue weighted by Gasteiger charge is -2.36. The van der Waals surface area contributed by atoms with Gasteiger partial charge in [-0.15, -0.1) is 16.9 Å². The lowest BCUT2D eigenvalue weighted by atomic mass is 9.81. The second kappa shape index (κ2) is 11.6. The number of methoxy groups -OCH3 is 1. The Balaban J connectivity index is 1.34. The smallest absolute Gasteiger partial charge is 0.308 e. The van der Waals surface area contributed by atoms with Gasteiger partial charge >= 0.3 is 5.97 Å². The molecule has 4 rings (SSSR count). The Kier molecular flexibility index (Phi) is 8.31. The predicted octanol–water partition coefficient (Wildman–Crippen LogP) is 3.66. The molecule has 8 nitrogen and oxygen atoms in total. The fourth-order valence-electron chi connectivity index (χ4n) is 4.63. The Morgan fingerprint density at radius 3 is 2.94 bits per heavy atom. The standard InChI is InChI=1S/C25H30N4O4S/c1-33-18-5-6-22-20(15-18)19(8-11-26-22)23(30)7-4-17-9-12-29(16-21(17)25(31)32)13-14-34-24-3-2-10-27-28-24/h2-3,5-6,8,10-11,15,17,21,23,30H,4,7,9,12-14,16H2,1H3,(H,31,32)/t17-,21+,23-/m1/s1. The van der Waals surface area contributed by atoms with Crippen LogP contribution >= 0.6 is 11.8 Å². The molecule has 34 heavy (non-hydrogen) atoms. The minimum atomic E-state index is -0.759. The van der Waals surface area contributed by atoms with Crippen LogP contribution in [0.15, 0.2) is 53.8 Å². The number of aromatic nitrogens is 3. The molecule has 0 saturated carbocycles. The minimum absolute atomic E-state index is 0.0404. The zero-order valence-electron chi connectivity index (χ0n) is 19.2. The second-order valence-electron chi connectivity index (χ2n) is 8.58. The zero-order valence-corrected chi connectivity index (χ0v) is 20.0. The number of carboxylic acid groups (broad SMARTS) is 1. The van der Waals surface area contributed by atoms with Crippen LogP contribution in [0.5, 0.6) is 5.75 Å². The molecular weight excluding hydrogens is 452 g/mol. The topological polar surface area (TPSA) is 109 Å². The summed E-state index contributed by atoms with van der Waals surface area (Å²) in [6, 6.07) is 11.2. The van der Waals surface area contributed by atoms with Crippen LogP contribution in [0.2, 0.25) is 0 Å². The van der Waals surface area contributed by atoms with E-state index < -0.39 is 18.0 Å². The van der Waals surface area contributed by atoms with Gasteiger partial charge in [0.1, 0.15) is 10.8 Å². The van der Waals surface area contributed by atoms with Crippen molar-refractivity contribution in [1.82, 2.24) is 20.1 Å². The van der Waals surface area contributed by atoms with Crippen molar-refractivity contribution in [2.24, 2.45) is 11.8 Å². The van der Waals surface area contributed by atoms with E-state index in [0.29, 0.717) is 25.1 Å². The number of nitrogens with zero attached hydrogens (tertiary/aromatic N) is 4. The normalized spacial score (nSPS) is 19.7. The van der Waals surface area contributed by atoms with E-state index >= 15 is 0 Å². The lowest BCUT2D eigenvalue weighted by Crippen LogP contribution is -2.44. The van der Waals surface area contributed by atoms with Gasteiger partial charge in [-0.2, -0.15) is 5.10 Å². The van der Waals surface area contributed by atoms with E-state index in [1.807, 2.05) is 36.4 Å². The van der Waals surface area contributed by atoms with Crippen molar-refractivity contribution in [1.29, 1.82) is 0 Å². The van der Waals surface area contributed by atoms with Gasteiger partial charge in [0.2, 0.25) is 0 Å². The summed E-state index contributed by atoms with van der Waals surface area (Å²) in [7, 11) is 1.61. The number of likely N-dealkylation sites (tertiary alicyclic amines) is 1. The van der Waals surface area contributed by atoms with Gasteiger partial charge in [-0.05, 0) is 73.7 Å². The molecule has 3 heterocycles. The maximum atomic E-state index is 12.0. The van der Waals surface area contributed by atoms with Crippen molar-refractivity contribution < 1.29 is 19.7 Å². The van der Waals surface area contributed by atoms with E-state index in [4.69, 9.17) is 4.74 Å². The molecule has 0 spiro atoms. The third kappa shape index (κ3) is 6.02. The second-order valence-corrected chi connectivity index (χ2v) is 9.70. The van der Waals surface area contributed by atoms with Crippen LogP contribution in [0.4, 0.5) is 0 Å². The van der Waals surface area contributed by atoms with E-state index in [0.717, 1.165) is 46.8 Å². The van der Waals surface area contributed by atoms with Gasteiger partial charge in [0.25, 0.3) is 0 Å². The van der Waals surface area contributed by atoms with Crippen molar-refractivity contribution in [3.63, 3.8) is 0 Å². The molecule has 1 fully saturated rings. The molecule has 1 aliphatic heterocycles. The number of benzene rings is 1. The Labute approximate surface area is 203 Å². The number of fused-ring (bicyclic) bond motifs is 1. The molecule has 9 heteroatoms. The number of thioether (sulfide) groups is 1. The molecule has 0 amide bonds. The van der Waals surface area contributed by atoms with Crippen molar-refractivity contribution in [3.8, 4) is 5.75 Å². The molecular formula is C25H30N4O4S. The largest absolute Gasteiger partial charge is 0.497 e. The Morgan fingerprint density at radius 2 is 2.18 bits per heavy atom. The third-order valence-electron chi connectivity index (χ3n) is 6.51. The van der Waals surface area contributed by atoms with Crippen LogP contribution < -0.4 is 4.74 Å². The van der Waals surface area contributed by atoms with Crippen LogP contribution in [0, 0.1) is 11.8 Å². The first-order valence-electron chi connectivity index (χ1n) is 11.5. The monoisotopic (exact) mass is 482 g/mol. The minimum Gasteiger partial charge on any atom is -0.497 e. The van der Waals surface area contributed by atoms with E-state index in [9.17, 15) is 15.0 Å². The van der Waals surface area contributed by atoms with Gasteiger partial charge in [-0.25, -0.2) is 0 Å². The van der Waals surface area contributed by atoms with E-state index in [1.54, 1.807) is 31.3 Å². The molecule has 1 aliphatic rings. The van der Waals surface area contributed by atoms with Crippen molar-refractivity contribution in [2.75, 3.05) is 32.5 Å². The van der Waals surface area contributed by atoms with E-state index in [1.165, 1.54) is 0 Å². The maximum Gasteiger partial charge on any atom is 0.308 e. The molecule has 0 aliphatic carbocycles. The maximum absolute atomic E-state index is 12.0. The highest BCUT2D eigenvalue weighted by molar-refractivity contribution is 7.99. The summed E-state index contributed by atoms with van der Waals surface area (Å²) in [4.78, 5) is 18.6. The van der Waals surface area contributed by atoms with Crippen molar-refractivity contribution in [3.05, 3.63) is 54.4 Å². The molecule has 1 aromatic carbocycles. The first-order chi connectivity index (χ1) is 16.5. The predicted molar refractivity (Wildman–Crippen MR) is 131 cm³/mol.